The first-order valence-corrected chi connectivity index (χ1v) is 6.40. The molecular formula is C15H16N2O3. The Morgan fingerprint density at radius 1 is 1.30 bits per heavy atom. The van der Waals surface area contributed by atoms with E-state index in [0.717, 1.165) is 10.8 Å². The van der Waals surface area contributed by atoms with E-state index in [2.05, 4.69) is 4.98 Å². The third-order valence-electron chi connectivity index (χ3n) is 3.34. The van der Waals surface area contributed by atoms with Gasteiger partial charge in [-0.3, -0.25) is 9.78 Å². The first-order chi connectivity index (χ1) is 9.56. The van der Waals surface area contributed by atoms with E-state index in [1.807, 2.05) is 30.3 Å². The number of carbonyl (C=O) groups is 2. The zero-order valence-electron chi connectivity index (χ0n) is 11.4. The third-order valence-corrected chi connectivity index (χ3v) is 3.34. The normalized spacial score (nSPS) is 12.1. The number of hydrogen-bond acceptors (Lipinski definition) is 3. The van der Waals surface area contributed by atoms with Crippen LogP contribution in [0.2, 0.25) is 0 Å². The average molecular weight is 272 g/mol. The summed E-state index contributed by atoms with van der Waals surface area (Å²) in [6.07, 6.45) is 1.91. The van der Waals surface area contributed by atoms with E-state index in [4.69, 9.17) is 5.11 Å². The van der Waals surface area contributed by atoms with Crippen molar-refractivity contribution in [2.75, 3.05) is 7.05 Å². The Hall–Kier alpha value is -2.43. The lowest BCUT2D eigenvalue weighted by molar-refractivity contribution is -0.142. The molecule has 0 radical (unpaired) electrons. The van der Waals surface area contributed by atoms with Crippen LogP contribution in [0.1, 0.15) is 23.8 Å². The summed E-state index contributed by atoms with van der Waals surface area (Å²) in [7, 11) is 1.49. The number of carboxylic acids is 1. The summed E-state index contributed by atoms with van der Waals surface area (Å²) in [6.45, 7) is 1.74. The van der Waals surface area contributed by atoms with E-state index in [-0.39, 0.29) is 11.6 Å². The van der Waals surface area contributed by atoms with E-state index in [1.165, 1.54) is 11.9 Å². The number of nitrogens with zero attached hydrogens (tertiary/aromatic N) is 2. The van der Waals surface area contributed by atoms with Crippen LogP contribution in [-0.4, -0.2) is 40.0 Å². The fourth-order valence-corrected chi connectivity index (χ4v) is 2.21. The van der Waals surface area contributed by atoms with Crippen LogP contribution in [0.25, 0.3) is 10.8 Å². The molecule has 5 nitrogen and oxygen atoms in total. The van der Waals surface area contributed by atoms with Gasteiger partial charge in [0.25, 0.3) is 5.91 Å². The molecule has 0 saturated heterocycles. The number of carbonyl (C=O) groups excluding carboxylic acids is 1. The van der Waals surface area contributed by atoms with Crippen LogP contribution in [0.3, 0.4) is 0 Å². The van der Waals surface area contributed by atoms with Crippen molar-refractivity contribution in [2.45, 2.75) is 19.4 Å². The minimum atomic E-state index is -1.01. The number of aromatic nitrogens is 1. The second kappa shape index (κ2) is 5.69. The second-order valence-corrected chi connectivity index (χ2v) is 4.56. The summed E-state index contributed by atoms with van der Waals surface area (Å²) < 4.78 is 0. The van der Waals surface area contributed by atoms with Gasteiger partial charge in [0.15, 0.2) is 0 Å². The second-order valence-electron chi connectivity index (χ2n) is 4.56. The number of carboxylic acid groups (broad SMARTS) is 1. The molecular weight excluding hydrogens is 256 g/mol. The standard InChI is InChI=1S/C15H16N2O3/c1-3-12(15(19)20)17(2)14(18)13-11-7-5-4-6-10(11)8-9-16-13/h4-9,12H,3H2,1-2H3,(H,19,20). The summed E-state index contributed by atoms with van der Waals surface area (Å²) in [5, 5.41) is 10.8. The Morgan fingerprint density at radius 3 is 2.65 bits per heavy atom. The van der Waals surface area contributed by atoms with Gasteiger partial charge in [-0.15, -0.1) is 0 Å². The van der Waals surface area contributed by atoms with Gasteiger partial charge in [-0.25, -0.2) is 4.79 Å². The lowest BCUT2D eigenvalue weighted by Crippen LogP contribution is -2.42. The predicted molar refractivity (Wildman–Crippen MR) is 75.6 cm³/mol. The number of hydrogen-bond donors (Lipinski definition) is 1. The van der Waals surface area contributed by atoms with Crippen LogP contribution in [0.15, 0.2) is 36.5 Å². The number of pyridine rings is 1. The first kappa shape index (κ1) is 14.0. The Kier molecular flexibility index (Phi) is 3.98. The van der Waals surface area contributed by atoms with Gasteiger partial charge in [0.05, 0.1) is 0 Å². The van der Waals surface area contributed by atoms with Crippen LogP contribution in [0, 0.1) is 0 Å². The van der Waals surface area contributed by atoms with E-state index in [0.29, 0.717) is 6.42 Å². The molecule has 1 amide bonds. The van der Waals surface area contributed by atoms with Gasteiger partial charge in [0, 0.05) is 18.6 Å². The smallest absolute Gasteiger partial charge is 0.326 e. The maximum absolute atomic E-state index is 12.5. The van der Waals surface area contributed by atoms with Gasteiger partial charge in [0.2, 0.25) is 0 Å². The van der Waals surface area contributed by atoms with Crippen LogP contribution < -0.4 is 0 Å². The lowest BCUT2D eigenvalue weighted by Gasteiger charge is -2.23. The SMILES string of the molecule is CCC(C(=O)O)N(C)C(=O)c1nccc2ccccc12. The van der Waals surface area contributed by atoms with Crippen LogP contribution in [0.4, 0.5) is 0 Å². The highest BCUT2D eigenvalue weighted by Gasteiger charge is 2.27. The average Bonchev–Trinajstić information content (AvgIpc) is 2.46. The minimum Gasteiger partial charge on any atom is -0.480 e. The number of amides is 1. The zero-order chi connectivity index (χ0) is 14.7. The summed E-state index contributed by atoms with van der Waals surface area (Å²) in [6, 6.07) is 8.39. The van der Waals surface area contributed by atoms with Gasteiger partial charge >= 0.3 is 5.97 Å². The molecule has 5 heteroatoms. The van der Waals surface area contributed by atoms with Crippen molar-refractivity contribution in [1.82, 2.24) is 9.88 Å². The van der Waals surface area contributed by atoms with E-state index in [1.54, 1.807) is 13.1 Å². The molecule has 0 saturated carbocycles. The number of fused-ring (bicyclic) bond motifs is 1. The minimum absolute atomic E-state index is 0.283. The quantitative estimate of drug-likeness (QED) is 0.926. The molecule has 0 spiro atoms. The number of aliphatic carboxylic acids is 1. The van der Waals surface area contributed by atoms with Crippen LogP contribution >= 0.6 is 0 Å². The molecule has 0 bridgehead atoms. The highest BCUT2D eigenvalue weighted by molar-refractivity contribution is 6.05. The largest absolute Gasteiger partial charge is 0.480 e. The molecule has 1 N–H and O–H groups in total. The van der Waals surface area contributed by atoms with Gasteiger partial charge in [-0.2, -0.15) is 0 Å². The Bertz CT molecular complexity index is 649. The molecule has 2 rings (SSSR count). The molecule has 0 aliphatic rings. The van der Waals surface area contributed by atoms with Crippen molar-refractivity contribution >= 4 is 22.6 Å². The van der Waals surface area contributed by atoms with Crippen molar-refractivity contribution < 1.29 is 14.7 Å². The summed E-state index contributed by atoms with van der Waals surface area (Å²) >= 11 is 0. The molecule has 1 atom stereocenters. The summed E-state index contributed by atoms with van der Waals surface area (Å²) in [5.41, 5.74) is 0.283. The fourth-order valence-electron chi connectivity index (χ4n) is 2.21. The Balaban J connectivity index is 2.43. The molecule has 1 unspecified atom stereocenters. The van der Waals surface area contributed by atoms with E-state index in [9.17, 15) is 9.59 Å². The third kappa shape index (κ3) is 2.47. The molecule has 104 valence electrons. The predicted octanol–water partition coefficient (Wildman–Crippen LogP) is 2.17. The Labute approximate surface area is 116 Å². The number of rotatable bonds is 4. The van der Waals surface area contributed by atoms with Gasteiger partial charge in [-0.1, -0.05) is 31.2 Å². The molecule has 0 aliphatic heterocycles. The maximum atomic E-state index is 12.5. The lowest BCUT2D eigenvalue weighted by atomic mass is 10.1. The summed E-state index contributed by atoms with van der Waals surface area (Å²) in [5.74, 6) is -1.39. The monoisotopic (exact) mass is 272 g/mol. The van der Waals surface area contributed by atoms with Gasteiger partial charge in [-0.05, 0) is 17.9 Å². The van der Waals surface area contributed by atoms with Gasteiger partial charge in [0.1, 0.15) is 11.7 Å². The first-order valence-electron chi connectivity index (χ1n) is 6.40. The topological polar surface area (TPSA) is 70.5 Å². The van der Waals surface area contributed by atoms with Crippen molar-refractivity contribution in [1.29, 1.82) is 0 Å². The van der Waals surface area contributed by atoms with E-state index >= 15 is 0 Å². The molecule has 0 aliphatic carbocycles. The van der Waals surface area contributed by atoms with Crippen LogP contribution in [0.5, 0.6) is 0 Å². The van der Waals surface area contributed by atoms with Crippen molar-refractivity contribution in [3.63, 3.8) is 0 Å². The molecule has 1 aromatic heterocycles. The zero-order valence-corrected chi connectivity index (χ0v) is 11.4. The molecule has 0 fully saturated rings. The molecule has 1 aromatic carbocycles. The fraction of sp³-hybridized carbons (Fsp3) is 0.267. The molecule has 1 heterocycles. The number of likely N-dealkylation sites (N-methyl/N-ethyl adjacent to an activating group) is 1. The van der Waals surface area contributed by atoms with Crippen molar-refractivity contribution in [3.05, 3.63) is 42.2 Å². The maximum Gasteiger partial charge on any atom is 0.326 e. The number of benzene rings is 1. The van der Waals surface area contributed by atoms with Crippen molar-refractivity contribution in [2.24, 2.45) is 0 Å². The molecule has 2 aromatic rings. The van der Waals surface area contributed by atoms with E-state index < -0.39 is 12.0 Å². The van der Waals surface area contributed by atoms with Crippen LogP contribution in [-0.2, 0) is 4.79 Å². The van der Waals surface area contributed by atoms with Crippen molar-refractivity contribution in [3.8, 4) is 0 Å². The Morgan fingerprint density at radius 2 is 2.00 bits per heavy atom. The highest BCUT2D eigenvalue weighted by Crippen LogP contribution is 2.18. The summed E-state index contributed by atoms with van der Waals surface area (Å²) in [4.78, 5) is 29.0. The molecule has 20 heavy (non-hydrogen) atoms. The van der Waals surface area contributed by atoms with Gasteiger partial charge < -0.3 is 10.0 Å². The highest BCUT2D eigenvalue weighted by atomic mass is 16.4.